The van der Waals surface area contributed by atoms with Crippen molar-refractivity contribution in [1.82, 2.24) is 4.98 Å². The fourth-order valence-corrected chi connectivity index (χ4v) is 2.50. The van der Waals surface area contributed by atoms with Crippen molar-refractivity contribution >= 4 is 40.8 Å². The number of aryl methyl sites for hydroxylation is 1. The van der Waals surface area contributed by atoms with Gasteiger partial charge in [-0.05, 0) is 32.0 Å². The van der Waals surface area contributed by atoms with Crippen molar-refractivity contribution in [2.75, 3.05) is 6.61 Å². The first kappa shape index (κ1) is 16.9. The summed E-state index contributed by atoms with van der Waals surface area (Å²) in [6.07, 6.45) is 0. The van der Waals surface area contributed by atoms with Gasteiger partial charge in [-0.25, -0.2) is 9.78 Å². The smallest absolute Gasteiger partial charge is 0.345 e. The summed E-state index contributed by atoms with van der Waals surface area (Å²) in [4.78, 5) is 16.1. The average Bonchev–Trinajstić information content (AvgIpc) is 2.41. The Morgan fingerprint density at radius 3 is 2.55 bits per heavy atom. The van der Waals surface area contributed by atoms with Crippen LogP contribution in [0.25, 0.3) is 0 Å². The van der Waals surface area contributed by atoms with Crippen molar-refractivity contribution in [3.63, 3.8) is 0 Å². The van der Waals surface area contributed by atoms with Crippen LogP contribution < -0.4 is 4.74 Å². The average molecular weight is 361 g/mol. The Balaban J connectivity index is 2.47. The molecule has 1 heterocycles. The second-order valence-electron chi connectivity index (χ2n) is 4.32. The molecule has 0 aliphatic carbocycles. The van der Waals surface area contributed by atoms with E-state index in [1.165, 1.54) is 6.07 Å². The molecule has 0 fully saturated rings. The molecule has 0 saturated heterocycles. The first-order valence-corrected chi connectivity index (χ1v) is 7.53. The molecule has 0 aliphatic heterocycles. The lowest BCUT2D eigenvalue weighted by molar-refractivity contribution is 0.0523. The van der Waals surface area contributed by atoms with E-state index in [1.54, 1.807) is 32.0 Å². The molecule has 0 unspecified atom stereocenters. The summed E-state index contributed by atoms with van der Waals surface area (Å²) in [7, 11) is 0. The number of carbonyl (C=O) groups is 1. The van der Waals surface area contributed by atoms with Crippen molar-refractivity contribution in [3.8, 4) is 11.5 Å². The van der Waals surface area contributed by atoms with Gasteiger partial charge in [-0.2, -0.15) is 0 Å². The quantitative estimate of drug-likeness (QED) is 0.547. The number of rotatable bonds is 4. The standard InChI is InChI=1S/C15H12Cl3NO3/c1-3-21-15(20)13-12(6-8(2)19-14(13)18)22-11-5-4-9(16)7-10(11)17/h4-7H,3H2,1-2H3. The third-order valence-corrected chi connectivity index (χ3v) is 3.46. The summed E-state index contributed by atoms with van der Waals surface area (Å²) < 4.78 is 10.7. The number of aromatic nitrogens is 1. The monoisotopic (exact) mass is 359 g/mol. The fraction of sp³-hybridized carbons (Fsp3) is 0.200. The maximum atomic E-state index is 12.0. The number of esters is 1. The molecular weight excluding hydrogens is 349 g/mol. The highest BCUT2D eigenvalue weighted by molar-refractivity contribution is 6.35. The Bertz CT molecular complexity index is 719. The molecule has 0 radical (unpaired) electrons. The molecule has 0 N–H and O–H groups in total. The third-order valence-electron chi connectivity index (χ3n) is 2.66. The highest BCUT2D eigenvalue weighted by Gasteiger charge is 2.21. The number of nitrogens with zero attached hydrogens (tertiary/aromatic N) is 1. The van der Waals surface area contributed by atoms with Crippen LogP contribution in [0.15, 0.2) is 24.3 Å². The van der Waals surface area contributed by atoms with Crippen LogP contribution >= 0.6 is 34.8 Å². The largest absolute Gasteiger partial charge is 0.462 e. The number of hydrogen-bond acceptors (Lipinski definition) is 4. The minimum absolute atomic E-state index is 0.0125. The van der Waals surface area contributed by atoms with Crippen molar-refractivity contribution < 1.29 is 14.3 Å². The van der Waals surface area contributed by atoms with Crippen molar-refractivity contribution in [1.29, 1.82) is 0 Å². The summed E-state index contributed by atoms with van der Waals surface area (Å²) in [6.45, 7) is 3.64. The SMILES string of the molecule is CCOC(=O)c1c(Oc2ccc(Cl)cc2Cl)cc(C)nc1Cl. The van der Waals surface area contributed by atoms with Crippen molar-refractivity contribution in [2.24, 2.45) is 0 Å². The minimum atomic E-state index is -0.611. The van der Waals surface area contributed by atoms with Gasteiger partial charge >= 0.3 is 5.97 Å². The predicted molar refractivity (Wildman–Crippen MR) is 86.5 cm³/mol. The molecule has 0 spiro atoms. The van der Waals surface area contributed by atoms with E-state index < -0.39 is 5.97 Å². The second kappa shape index (κ2) is 7.18. The van der Waals surface area contributed by atoms with Crippen LogP contribution in [0, 0.1) is 6.92 Å². The number of pyridine rings is 1. The molecule has 4 nitrogen and oxygen atoms in total. The van der Waals surface area contributed by atoms with Crippen LogP contribution in [0.2, 0.25) is 15.2 Å². The van der Waals surface area contributed by atoms with E-state index in [0.29, 0.717) is 21.5 Å². The van der Waals surface area contributed by atoms with Gasteiger partial charge in [0.15, 0.2) is 0 Å². The van der Waals surface area contributed by atoms with Crippen LogP contribution in [0.1, 0.15) is 23.0 Å². The number of halogens is 3. The van der Waals surface area contributed by atoms with Gasteiger partial charge in [0.05, 0.1) is 11.6 Å². The highest BCUT2D eigenvalue weighted by Crippen LogP contribution is 2.35. The van der Waals surface area contributed by atoms with Crippen molar-refractivity contribution in [2.45, 2.75) is 13.8 Å². The van der Waals surface area contributed by atoms with Crippen molar-refractivity contribution in [3.05, 3.63) is 50.7 Å². The predicted octanol–water partition coefficient (Wildman–Crippen LogP) is 5.32. The van der Waals surface area contributed by atoms with E-state index in [1.807, 2.05) is 0 Å². The Kier molecular flexibility index (Phi) is 5.51. The zero-order chi connectivity index (χ0) is 16.3. The van der Waals surface area contributed by atoms with Crippen LogP contribution in [0.3, 0.4) is 0 Å². The summed E-state index contributed by atoms with van der Waals surface area (Å²) in [6, 6.07) is 6.35. The molecular formula is C15H12Cl3NO3. The molecule has 1 aromatic carbocycles. The first-order chi connectivity index (χ1) is 10.4. The second-order valence-corrected chi connectivity index (χ2v) is 5.53. The molecule has 0 saturated carbocycles. The maximum absolute atomic E-state index is 12.0. The number of hydrogen-bond donors (Lipinski definition) is 0. The molecule has 1 aromatic heterocycles. The molecule has 2 rings (SSSR count). The molecule has 0 aliphatic rings. The van der Waals surface area contributed by atoms with E-state index in [-0.39, 0.29) is 23.1 Å². The fourth-order valence-electron chi connectivity index (χ4n) is 1.75. The van der Waals surface area contributed by atoms with Crippen LogP contribution in [0.4, 0.5) is 0 Å². The van der Waals surface area contributed by atoms with Crippen LogP contribution in [0.5, 0.6) is 11.5 Å². The van der Waals surface area contributed by atoms with Gasteiger partial charge in [0.2, 0.25) is 0 Å². The summed E-state index contributed by atoms with van der Waals surface area (Å²) >= 11 is 18.0. The number of carbonyl (C=O) groups excluding carboxylic acids is 1. The normalized spacial score (nSPS) is 10.4. The summed E-state index contributed by atoms with van der Waals surface area (Å²) in [5.74, 6) is -0.0430. The molecule has 0 atom stereocenters. The number of benzene rings is 1. The topological polar surface area (TPSA) is 48.4 Å². The van der Waals surface area contributed by atoms with Crippen LogP contribution in [-0.4, -0.2) is 17.6 Å². The Hall–Kier alpha value is -1.49. The van der Waals surface area contributed by atoms with E-state index in [9.17, 15) is 4.79 Å². The molecule has 22 heavy (non-hydrogen) atoms. The molecule has 2 aromatic rings. The van der Waals surface area contributed by atoms with E-state index in [0.717, 1.165) is 0 Å². The molecule has 7 heteroatoms. The van der Waals surface area contributed by atoms with E-state index in [2.05, 4.69) is 4.98 Å². The first-order valence-electron chi connectivity index (χ1n) is 6.39. The lowest BCUT2D eigenvalue weighted by Crippen LogP contribution is -2.09. The molecule has 116 valence electrons. The van der Waals surface area contributed by atoms with Gasteiger partial charge in [-0.15, -0.1) is 0 Å². The van der Waals surface area contributed by atoms with Gasteiger partial charge in [0.1, 0.15) is 22.2 Å². The van der Waals surface area contributed by atoms with Gasteiger partial charge in [-0.3, -0.25) is 0 Å². The summed E-state index contributed by atoms with van der Waals surface area (Å²) in [5.41, 5.74) is 0.651. The zero-order valence-electron chi connectivity index (χ0n) is 11.8. The molecule has 0 bridgehead atoms. The van der Waals surface area contributed by atoms with Gasteiger partial charge in [0, 0.05) is 16.8 Å². The van der Waals surface area contributed by atoms with Crippen LogP contribution in [-0.2, 0) is 4.74 Å². The molecule has 0 amide bonds. The van der Waals surface area contributed by atoms with E-state index >= 15 is 0 Å². The Morgan fingerprint density at radius 1 is 1.18 bits per heavy atom. The summed E-state index contributed by atoms with van der Waals surface area (Å²) in [5, 5.41) is 0.804. The lowest BCUT2D eigenvalue weighted by Gasteiger charge is -2.13. The Morgan fingerprint density at radius 2 is 1.91 bits per heavy atom. The Labute approximate surface area is 142 Å². The van der Waals surface area contributed by atoms with Gasteiger partial charge < -0.3 is 9.47 Å². The third kappa shape index (κ3) is 3.83. The zero-order valence-corrected chi connectivity index (χ0v) is 14.1. The lowest BCUT2D eigenvalue weighted by atomic mass is 10.2. The van der Waals surface area contributed by atoms with Gasteiger partial charge in [-0.1, -0.05) is 34.8 Å². The number of ether oxygens (including phenoxy) is 2. The van der Waals surface area contributed by atoms with E-state index in [4.69, 9.17) is 44.3 Å². The maximum Gasteiger partial charge on any atom is 0.345 e. The van der Waals surface area contributed by atoms with Gasteiger partial charge in [0.25, 0.3) is 0 Å². The minimum Gasteiger partial charge on any atom is -0.462 e. The highest BCUT2D eigenvalue weighted by atomic mass is 35.5.